The third-order valence-corrected chi connectivity index (χ3v) is 2.61. The Labute approximate surface area is 92.6 Å². The van der Waals surface area contributed by atoms with E-state index in [-0.39, 0.29) is 11.6 Å². The molecule has 0 bridgehead atoms. The molecule has 0 aromatic heterocycles. The van der Waals surface area contributed by atoms with Crippen LogP contribution < -0.4 is 5.32 Å². The lowest BCUT2D eigenvalue weighted by atomic mass is 10.3. The SMILES string of the molecule is N=C(Nc1ccc(F)cc1F)N1CCCC1. The highest BCUT2D eigenvalue weighted by Crippen LogP contribution is 2.16. The summed E-state index contributed by atoms with van der Waals surface area (Å²) < 4.78 is 25.9. The van der Waals surface area contributed by atoms with Gasteiger partial charge >= 0.3 is 0 Å². The highest BCUT2D eigenvalue weighted by molar-refractivity contribution is 5.91. The van der Waals surface area contributed by atoms with Crippen LogP contribution in [0.2, 0.25) is 0 Å². The Morgan fingerprint density at radius 2 is 1.94 bits per heavy atom. The Hall–Kier alpha value is -1.65. The van der Waals surface area contributed by atoms with Crippen LogP contribution in [0.4, 0.5) is 14.5 Å². The van der Waals surface area contributed by atoms with Crippen LogP contribution in [0.1, 0.15) is 12.8 Å². The minimum absolute atomic E-state index is 0.137. The number of hydrogen-bond acceptors (Lipinski definition) is 1. The molecule has 0 radical (unpaired) electrons. The fourth-order valence-electron chi connectivity index (χ4n) is 1.74. The number of anilines is 1. The standard InChI is InChI=1S/C11H13F2N3/c12-8-3-4-10(9(13)7-8)15-11(14)16-5-1-2-6-16/h3-4,7H,1-2,5-6H2,(H2,14,15). The smallest absolute Gasteiger partial charge is 0.195 e. The fraction of sp³-hybridized carbons (Fsp3) is 0.364. The van der Waals surface area contributed by atoms with Gasteiger partial charge in [-0.1, -0.05) is 0 Å². The van der Waals surface area contributed by atoms with Crippen LogP contribution in [0.25, 0.3) is 0 Å². The second-order valence-corrected chi connectivity index (χ2v) is 3.79. The van der Waals surface area contributed by atoms with E-state index in [0.717, 1.165) is 32.0 Å². The molecule has 86 valence electrons. The zero-order valence-corrected chi connectivity index (χ0v) is 8.76. The Kier molecular flexibility index (Phi) is 3.03. The fourth-order valence-corrected chi connectivity index (χ4v) is 1.74. The van der Waals surface area contributed by atoms with Crippen molar-refractivity contribution in [1.82, 2.24) is 4.90 Å². The largest absolute Gasteiger partial charge is 0.343 e. The van der Waals surface area contributed by atoms with Crippen LogP contribution in [-0.2, 0) is 0 Å². The van der Waals surface area contributed by atoms with Gasteiger partial charge in [0.15, 0.2) is 5.96 Å². The molecule has 0 unspecified atom stereocenters. The number of guanidine groups is 1. The summed E-state index contributed by atoms with van der Waals surface area (Å²) in [5.41, 5.74) is 0.137. The third-order valence-electron chi connectivity index (χ3n) is 2.61. The molecule has 0 spiro atoms. The quantitative estimate of drug-likeness (QED) is 0.569. The van der Waals surface area contributed by atoms with E-state index in [1.54, 1.807) is 0 Å². The average Bonchev–Trinajstić information content (AvgIpc) is 2.75. The molecular formula is C11H13F2N3. The lowest BCUT2D eigenvalue weighted by Gasteiger charge is -2.19. The van der Waals surface area contributed by atoms with Gasteiger partial charge in [-0.05, 0) is 25.0 Å². The van der Waals surface area contributed by atoms with Gasteiger partial charge in [-0.15, -0.1) is 0 Å². The topological polar surface area (TPSA) is 39.1 Å². The monoisotopic (exact) mass is 225 g/mol. The minimum atomic E-state index is -0.677. The zero-order valence-electron chi connectivity index (χ0n) is 8.76. The lowest BCUT2D eigenvalue weighted by molar-refractivity contribution is 0.513. The normalized spacial score (nSPS) is 15.2. The highest BCUT2D eigenvalue weighted by atomic mass is 19.1. The van der Waals surface area contributed by atoms with Crippen molar-refractivity contribution >= 4 is 11.6 Å². The van der Waals surface area contributed by atoms with E-state index < -0.39 is 11.6 Å². The average molecular weight is 225 g/mol. The Bertz CT molecular complexity index is 400. The minimum Gasteiger partial charge on any atom is -0.343 e. The summed E-state index contributed by atoms with van der Waals surface area (Å²) in [5, 5.41) is 10.4. The van der Waals surface area contributed by atoms with Crippen LogP contribution in [0.15, 0.2) is 18.2 Å². The molecule has 1 aliphatic heterocycles. The predicted octanol–water partition coefficient (Wildman–Crippen LogP) is 2.41. The summed E-state index contributed by atoms with van der Waals surface area (Å²) in [6.07, 6.45) is 2.10. The third kappa shape index (κ3) is 2.29. The molecule has 1 aliphatic rings. The molecule has 0 amide bonds. The molecule has 0 aliphatic carbocycles. The van der Waals surface area contributed by atoms with E-state index in [2.05, 4.69) is 5.32 Å². The van der Waals surface area contributed by atoms with Gasteiger partial charge in [0.05, 0.1) is 5.69 Å². The Morgan fingerprint density at radius 3 is 2.56 bits per heavy atom. The number of halogens is 2. The van der Waals surface area contributed by atoms with Gasteiger partial charge in [-0.3, -0.25) is 5.41 Å². The van der Waals surface area contributed by atoms with E-state index >= 15 is 0 Å². The van der Waals surface area contributed by atoms with E-state index in [4.69, 9.17) is 5.41 Å². The number of likely N-dealkylation sites (tertiary alicyclic amines) is 1. The van der Waals surface area contributed by atoms with Crippen molar-refractivity contribution in [1.29, 1.82) is 5.41 Å². The van der Waals surface area contributed by atoms with Crippen molar-refractivity contribution in [3.8, 4) is 0 Å². The molecule has 1 aromatic carbocycles. The first-order chi connectivity index (χ1) is 7.66. The van der Waals surface area contributed by atoms with Crippen molar-refractivity contribution in [2.75, 3.05) is 18.4 Å². The molecule has 3 nitrogen and oxygen atoms in total. The van der Waals surface area contributed by atoms with Gasteiger partial charge in [0, 0.05) is 19.2 Å². The van der Waals surface area contributed by atoms with Gasteiger partial charge in [-0.2, -0.15) is 0 Å². The molecule has 16 heavy (non-hydrogen) atoms. The van der Waals surface area contributed by atoms with Crippen molar-refractivity contribution in [2.45, 2.75) is 12.8 Å². The second-order valence-electron chi connectivity index (χ2n) is 3.79. The van der Waals surface area contributed by atoms with Crippen molar-refractivity contribution in [3.05, 3.63) is 29.8 Å². The molecular weight excluding hydrogens is 212 g/mol. The van der Waals surface area contributed by atoms with E-state index in [1.807, 2.05) is 4.90 Å². The van der Waals surface area contributed by atoms with Gasteiger partial charge in [0.2, 0.25) is 0 Å². The van der Waals surface area contributed by atoms with Crippen molar-refractivity contribution < 1.29 is 8.78 Å². The van der Waals surface area contributed by atoms with Crippen LogP contribution in [0.5, 0.6) is 0 Å². The molecule has 1 heterocycles. The summed E-state index contributed by atoms with van der Waals surface area (Å²) in [6, 6.07) is 3.28. The first-order valence-corrected chi connectivity index (χ1v) is 5.22. The molecule has 1 saturated heterocycles. The predicted molar refractivity (Wildman–Crippen MR) is 58.5 cm³/mol. The van der Waals surface area contributed by atoms with Gasteiger partial charge in [0.25, 0.3) is 0 Å². The van der Waals surface area contributed by atoms with E-state index in [9.17, 15) is 8.78 Å². The summed E-state index contributed by atoms with van der Waals surface area (Å²) in [6.45, 7) is 1.63. The lowest BCUT2D eigenvalue weighted by Crippen LogP contribution is -2.33. The second kappa shape index (κ2) is 4.47. The molecule has 1 fully saturated rings. The van der Waals surface area contributed by atoms with Crippen molar-refractivity contribution in [3.63, 3.8) is 0 Å². The van der Waals surface area contributed by atoms with E-state index in [0.29, 0.717) is 0 Å². The summed E-state index contributed by atoms with van der Waals surface area (Å²) >= 11 is 0. The number of hydrogen-bond donors (Lipinski definition) is 2. The number of rotatable bonds is 1. The van der Waals surface area contributed by atoms with Crippen LogP contribution in [-0.4, -0.2) is 23.9 Å². The van der Waals surface area contributed by atoms with Crippen LogP contribution >= 0.6 is 0 Å². The van der Waals surface area contributed by atoms with Crippen LogP contribution in [0, 0.1) is 17.0 Å². The summed E-state index contributed by atoms with van der Waals surface area (Å²) in [4.78, 5) is 1.84. The Morgan fingerprint density at radius 1 is 1.25 bits per heavy atom. The molecule has 0 saturated carbocycles. The molecule has 1 aromatic rings. The molecule has 0 atom stereocenters. The molecule has 5 heteroatoms. The first kappa shape index (κ1) is 10.9. The summed E-state index contributed by atoms with van der Waals surface area (Å²) in [7, 11) is 0. The van der Waals surface area contributed by atoms with Gasteiger partial charge in [-0.25, -0.2) is 8.78 Å². The summed E-state index contributed by atoms with van der Waals surface area (Å²) in [5.74, 6) is -1.12. The number of nitrogens with one attached hydrogen (secondary N) is 2. The molecule has 2 rings (SSSR count). The maximum atomic E-state index is 13.3. The maximum absolute atomic E-state index is 13.3. The maximum Gasteiger partial charge on any atom is 0.195 e. The Balaban J connectivity index is 2.05. The van der Waals surface area contributed by atoms with Gasteiger partial charge in [0.1, 0.15) is 11.6 Å². The highest BCUT2D eigenvalue weighted by Gasteiger charge is 2.15. The zero-order chi connectivity index (χ0) is 11.5. The number of benzene rings is 1. The number of nitrogens with zero attached hydrogens (tertiary/aromatic N) is 1. The molecule has 2 N–H and O–H groups in total. The van der Waals surface area contributed by atoms with E-state index in [1.165, 1.54) is 12.1 Å². The van der Waals surface area contributed by atoms with Crippen molar-refractivity contribution in [2.24, 2.45) is 0 Å². The van der Waals surface area contributed by atoms with Gasteiger partial charge < -0.3 is 10.2 Å². The van der Waals surface area contributed by atoms with Crippen LogP contribution in [0.3, 0.4) is 0 Å². The first-order valence-electron chi connectivity index (χ1n) is 5.22.